The van der Waals surface area contributed by atoms with E-state index in [1.54, 1.807) is 12.3 Å². The van der Waals surface area contributed by atoms with Gasteiger partial charge in [0, 0.05) is 4.47 Å². The minimum atomic E-state index is -0.246. The maximum absolute atomic E-state index is 12.0. The number of amides is 1. The molecule has 4 heteroatoms. The number of fused-ring (bicyclic) bond motifs is 1. The Kier molecular flexibility index (Phi) is 4.30. The van der Waals surface area contributed by atoms with Crippen LogP contribution in [-0.4, -0.2) is 12.1 Å². The van der Waals surface area contributed by atoms with Gasteiger partial charge in [-0.25, -0.2) is 5.43 Å². The Morgan fingerprint density at radius 2 is 1.68 bits per heavy atom. The summed E-state index contributed by atoms with van der Waals surface area (Å²) in [5, 5.41) is 6.34. The monoisotopic (exact) mass is 352 g/mol. The van der Waals surface area contributed by atoms with Crippen LogP contribution in [0.4, 0.5) is 0 Å². The Morgan fingerprint density at radius 1 is 0.955 bits per heavy atom. The SMILES string of the molecule is O=C(N/N=C/c1ccc2ccccc2c1)c1ccccc1Br. The lowest BCUT2D eigenvalue weighted by molar-refractivity contribution is 0.0954. The molecule has 0 fully saturated rings. The topological polar surface area (TPSA) is 41.5 Å². The van der Waals surface area contributed by atoms with Crippen molar-refractivity contribution in [2.75, 3.05) is 0 Å². The third kappa shape index (κ3) is 3.23. The summed E-state index contributed by atoms with van der Waals surface area (Å²) in [7, 11) is 0. The molecule has 3 aromatic carbocycles. The smallest absolute Gasteiger partial charge is 0.267 e. The lowest BCUT2D eigenvalue weighted by Crippen LogP contribution is -2.18. The van der Waals surface area contributed by atoms with Gasteiger partial charge in [0.1, 0.15) is 0 Å². The van der Waals surface area contributed by atoms with E-state index in [-0.39, 0.29) is 5.91 Å². The fourth-order valence-electron chi connectivity index (χ4n) is 2.16. The number of nitrogens with one attached hydrogen (secondary N) is 1. The van der Waals surface area contributed by atoms with E-state index in [2.05, 4.69) is 32.5 Å². The summed E-state index contributed by atoms with van der Waals surface area (Å²) >= 11 is 3.35. The molecule has 0 aliphatic carbocycles. The average molecular weight is 353 g/mol. The van der Waals surface area contributed by atoms with Crippen molar-refractivity contribution >= 4 is 38.8 Å². The van der Waals surface area contributed by atoms with Crippen molar-refractivity contribution in [2.45, 2.75) is 0 Å². The van der Waals surface area contributed by atoms with Crippen LogP contribution in [0.2, 0.25) is 0 Å². The predicted octanol–water partition coefficient (Wildman–Crippen LogP) is 4.37. The van der Waals surface area contributed by atoms with Crippen LogP contribution in [-0.2, 0) is 0 Å². The lowest BCUT2D eigenvalue weighted by Gasteiger charge is -2.02. The number of carbonyl (C=O) groups is 1. The normalized spacial score (nSPS) is 11.0. The van der Waals surface area contributed by atoms with E-state index in [0.717, 1.165) is 15.4 Å². The largest absolute Gasteiger partial charge is 0.272 e. The summed E-state index contributed by atoms with van der Waals surface area (Å²) in [5.74, 6) is -0.246. The molecular weight excluding hydrogens is 340 g/mol. The van der Waals surface area contributed by atoms with Crippen LogP contribution in [0.5, 0.6) is 0 Å². The maximum atomic E-state index is 12.0. The van der Waals surface area contributed by atoms with Crippen LogP contribution in [0.1, 0.15) is 15.9 Å². The highest BCUT2D eigenvalue weighted by Gasteiger charge is 2.07. The molecule has 0 atom stereocenters. The average Bonchev–Trinajstić information content (AvgIpc) is 2.55. The van der Waals surface area contributed by atoms with Crippen LogP contribution in [0.3, 0.4) is 0 Å². The molecule has 1 amide bonds. The second-order valence-corrected chi connectivity index (χ2v) is 5.64. The van der Waals surface area contributed by atoms with Crippen LogP contribution >= 0.6 is 15.9 Å². The molecule has 1 N–H and O–H groups in total. The second kappa shape index (κ2) is 6.54. The molecule has 0 aliphatic rings. The first-order valence-electron chi connectivity index (χ1n) is 6.81. The van der Waals surface area contributed by atoms with Crippen molar-refractivity contribution in [3.8, 4) is 0 Å². The first-order chi connectivity index (χ1) is 10.7. The third-order valence-corrected chi connectivity index (χ3v) is 3.96. The molecule has 0 aliphatic heterocycles. The first-order valence-corrected chi connectivity index (χ1v) is 7.60. The maximum Gasteiger partial charge on any atom is 0.272 e. The number of hydrogen-bond donors (Lipinski definition) is 1. The van der Waals surface area contributed by atoms with Crippen molar-refractivity contribution < 1.29 is 4.79 Å². The molecular formula is C18H13BrN2O. The minimum Gasteiger partial charge on any atom is -0.267 e. The van der Waals surface area contributed by atoms with Crippen LogP contribution < -0.4 is 5.43 Å². The Bertz CT molecular complexity index is 858. The van der Waals surface area contributed by atoms with Gasteiger partial charge in [-0.05, 0) is 50.5 Å². The third-order valence-electron chi connectivity index (χ3n) is 3.27. The first kappa shape index (κ1) is 14.5. The van der Waals surface area contributed by atoms with Gasteiger partial charge in [0.15, 0.2) is 0 Å². The number of carbonyl (C=O) groups excluding carboxylic acids is 1. The van der Waals surface area contributed by atoms with Crippen molar-refractivity contribution in [3.05, 3.63) is 82.3 Å². The van der Waals surface area contributed by atoms with E-state index in [1.165, 1.54) is 5.39 Å². The zero-order valence-electron chi connectivity index (χ0n) is 11.7. The van der Waals surface area contributed by atoms with Crippen molar-refractivity contribution in [3.63, 3.8) is 0 Å². The van der Waals surface area contributed by atoms with Gasteiger partial charge < -0.3 is 0 Å². The summed E-state index contributed by atoms with van der Waals surface area (Å²) in [5.41, 5.74) is 4.03. The van der Waals surface area contributed by atoms with E-state index >= 15 is 0 Å². The van der Waals surface area contributed by atoms with Gasteiger partial charge in [-0.15, -0.1) is 0 Å². The molecule has 22 heavy (non-hydrogen) atoms. The summed E-state index contributed by atoms with van der Waals surface area (Å²) in [6, 6.07) is 21.4. The summed E-state index contributed by atoms with van der Waals surface area (Å²) < 4.78 is 0.744. The molecule has 0 heterocycles. The highest BCUT2D eigenvalue weighted by atomic mass is 79.9. The molecule has 0 saturated heterocycles. The van der Waals surface area contributed by atoms with Gasteiger partial charge in [-0.2, -0.15) is 5.10 Å². The Balaban J connectivity index is 1.73. The van der Waals surface area contributed by atoms with E-state index in [9.17, 15) is 4.79 Å². The second-order valence-electron chi connectivity index (χ2n) is 4.79. The Hall–Kier alpha value is -2.46. The fraction of sp³-hybridized carbons (Fsp3) is 0. The van der Waals surface area contributed by atoms with E-state index < -0.39 is 0 Å². The molecule has 3 nitrogen and oxygen atoms in total. The number of rotatable bonds is 3. The molecule has 0 saturated carbocycles. The van der Waals surface area contributed by atoms with Gasteiger partial charge in [0.2, 0.25) is 0 Å². The number of hydrazone groups is 1. The molecule has 108 valence electrons. The molecule has 0 bridgehead atoms. The molecule has 3 rings (SSSR count). The van der Waals surface area contributed by atoms with Crippen molar-refractivity contribution in [1.82, 2.24) is 5.43 Å². The van der Waals surface area contributed by atoms with Gasteiger partial charge in [0.05, 0.1) is 11.8 Å². The quantitative estimate of drug-likeness (QED) is 0.552. The van der Waals surface area contributed by atoms with E-state index in [0.29, 0.717) is 5.56 Å². The Labute approximate surface area is 136 Å². The van der Waals surface area contributed by atoms with Crippen LogP contribution in [0.15, 0.2) is 76.3 Å². The summed E-state index contributed by atoms with van der Waals surface area (Å²) in [4.78, 5) is 12.0. The van der Waals surface area contributed by atoms with Gasteiger partial charge >= 0.3 is 0 Å². The van der Waals surface area contributed by atoms with Crippen molar-refractivity contribution in [1.29, 1.82) is 0 Å². The molecule has 0 spiro atoms. The van der Waals surface area contributed by atoms with Gasteiger partial charge in [-0.3, -0.25) is 4.79 Å². The zero-order chi connectivity index (χ0) is 15.4. The predicted molar refractivity (Wildman–Crippen MR) is 93.2 cm³/mol. The van der Waals surface area contributed by atoms with Gasteiger partial charge in [0.25, 0.3) is 5.91 Å². The molecule has 0 unspecified atom stereocenters. The van der Waals surface area contributed by atoms with Crippen LogP contribution in [0.25, 0.3) is 10.8 Å². The van der Waals surface area contributed by atoms with Gasteiger partial charge in [-0.1, -0.05) is 48.5 Å². The highest BCUT2D eigenvalue weighted by molar-refractivity contribution is 9.10. The number of benzene rings is 3. The highest BCUT2D eigenvalue weighted by Crippen LogP contribution is 2.16. The standard InChI is InChI=1S/C18H13BrN2O/c19-17-8-4-3-7-16(17)18(22)21-20-12-13-9-10-14-5-1-2-6-15(14)11-13/h1-12H,(H,21,22)/b20-12+. The zero-order valence-corrected chi connectivity index (χ0v) is 13.2. The summed E-state index contributed by atoms with van der Waals surface area (Å²) in [6.07, 6.45) is 1.64. The number of halogens is 1. The minimum absolute atomic E-state index is 0.246. The lowest BCUT2D eigenvalue weighted by atomic mass is 10.1. The summed E-state index contributed by atoms with van der Waals surface area (Å²) in [6.45, 7) is 0. The Morgan fingerprint density at radius 3 is 2.50 bits per heavy atom. The van der Waals surface area contributed by atoms with Crippen molar-refractivity contribution in [2.24, 2.45) is 5.10 Å². The molecule has 0 aromatic heterocycles. The number of nitrogens with zero attached hydrogens (tertiary/aromatic N) is 1. The number of hydrogen-bond acceptors (Lipinski definition) is 2. The van der Waals surface area contributed by atoms with E-state index in [4.69, 9.17) is 0 Å². The molecule has 0 radical (unpaired) electrons. The fourth-order valence-corrected chi connectivity index (χ4v) is 2.62. The van der Waals surface area contributed by atoms with E-state index in [1.807, 2.05) is 54.6 Å². The molecule has 3 aromatic rings. The van der Waals surface area contributed by atoms with Crippen LogP contribution in [0, 0.1) is 0 Å².